The van der Waals surface area contributed by atoms with Gasteiger partial charge in [0.05, 0.1) is 12.1 Å². The standard InChI is InChI=1S/C19H19N3O2/c23-17-19(14-6-7-14,15-8-9-15)21-18(24)22(17)11-13-4-1-3-12-5-2-10-20-16(12)13/h1-5,10,14-15H,6-9,11H2,(H,21,24). The van der Waals surface area contributed by atoms with Crippen LogP contribution in [0.3, 0.4) is 0 Å². The van der Waals surface area contributed by atoms with Crippen molar-refractivity contribution < 1.29 is 9.59 Å². The van der Waals surface area contributed by atoms with E-state index in [0.29, 0.717) is 18.4 Å². The number of hydrogen-bond donors (Lipinski definition) is 1. The van der Waals surface area contributed by atoms with E-state index in [9.17, 15) is 9.59 Å². The van der Waals surface area contributed by atoms with Crippen molar-refractivity contribution in [1.82, 2.24) is 15.2 Å². The van der Waals surface area contributed by atoms with Gasteiger partial charge in [-0.25, -0.2) is 4.79 Å². The van der Waals surface area contributed by atoms with Gasteiger partial charge in [0.2, 0.25) is 0 Å². The molecular formula is C19H19N3O2. The summed E-state index contributed by atoms with van der Waals surface area (Å²) in [6, 6.07) is 9.54. The van der Waals surface area contributed by atoms with E-state index in [-0.39, 0.29) is 11.9 Å². The topological polar surface area (TPSA) is 62.3 Å². The molecule has 3 amide bonds. The first-order valence-electron chi connectivity index (χ1n) is 8.67. The molecule has 1 aromatic carbocycles. The SMILES string of the molecule is O=C1NC(C2CC2)(C2CC2)C(=O)N1Cc1cccc2cccnc12. The molecule has 5 heteroatoms. The van der Waals surface area contributed by atoms with Gasteiger partial charge in [0, 0.05) is 11.6 Å². The second kappa shape index (κ2) is 4.79. The Hall–Kier alpha value is -2.43. The number of pyridine rings is 1. The molecule has 0 spiro atoms. The molecule has 2 aromatic rings. The summed E-state index contributed by atoms with van der Waals surface area (Å²) in [5, 5.41) is 4.10. The summed E-state index contributed by atoms with van der Waals surface area (Å²) < 4.78 is 0. The van der Waals surface area contributed by atoms with E-state index >= 15 is 0 Å². The number of amides is 3. The zero-order valence-electron chi connectivity index (χ0n) is 13.4. The van der Waals surface area contributed by atoms with Crippen molar-refractivity contribution in [3.05, 3.63) is 42.1 Å². The molecule has 0 unspecified atom stereocenters. The molecule has 5 nitrogen and oxygen atoms in total. The molecule has 1 aliphatic heterocycles. The van der Waals surface area contributed by atoms with Crippen LogP contribution in [0, 0.1) is 11.8 Å². The van der Waals surface area contributed by atoms with Gasteiger partial charge in [-0.05, 0) is 49.1 Å². The molecule has 1 aromatic heterocycles. The minimum absolute atomic E-state index is 0.0227. The minimum atomic E-state index is -0.616. The molecule has 0 bridgehead atoms. The maximum atomic E-state index is 13.2. The highest BCUT2D eigenvalue weighted by atomic mass is 16.2. The molecule has 2 aliphatic carbocycles. The van der Waals surface area contributed by atoms with Crippen molar-refractivity contribution in [3.8, 4) is 0 Å². The number of para-hydroxylation sites is 1. The van der Waals surface area contributed by atoms with Crippen LogP contribution in [-0.2, 0) is 11.3 Å². The highest BCUT2D eigenvalue weighted by Crippen LogP contribution is 2.54. The molecule has 122 valence electrons. The van der Waals surface area contributed by atoms with Crippen LogP contribution < -0.4 is 5.32 Å². The maximum absolute atomic E-state index is 13.2. The maximum Gasteiger partial charge on any atom is 0.325 e. The molecule has 0 atom stereocenters. The molecule has 1 saturated heterocycles. The van der Waals surface area contributed by atoms with Gasteiger partial charge in [-0.2, -0.15) is 0 Å². The summed E-state index contributed by atoms with van der Waals surface area (Å²) in [4.78, 5) is 31.6. The number of hydrogen-bond acceptors (Lipinski definition) is 3. The molecule has 3 aliphatic rings. The largest absolute Gasteiger partial charge is 0.325 e. The number of aromatic nitrogens is 1. The van der Waals surface area contributed by atoms with Crippen LogP contribution in [0.2, 0.25) is 0 Å². The first-order chi connectivity index (χ1) is 11.7. The van der Waals surface area contributed by atoms with E-state index in [4.69, 9.17) is 0 Å². The van der Waals surface area contributed by atoms with Crippen molar-refractivity contribution in [1.29, 1.82) is 0 Å². The number of rotatable bonds is 4. The Labute approximate surface area is 140 Å². The quantitative estimate of drug-likeness (QED) is 0.881. The Kier molecular flexibility index (Phi) is 2.78. The van der Waals surface area contributed by atoms with E-state index < -0.39 is 5.54 Å². The number of imide groups is 1. The van der Waals surface area contributed by atoms with Gasteiger partial charge >= 0.3 is 6.03 Å². The van der Waals surface area contributed by atoms with Crippen molar-refractivity contribution in [3.63, 3.8) is 0 Å². The highest BCUT2D eigenvalue weighted by Gasteiger charge is 2.65. The Bertz CT molecular complexity index is 837. The number of urea groups is 1. The number of carbonyl (C=O) groups is 2. The van der Waals surface area contributed by atoms with E-state index in [0.717, 1.165) is 42.1 Å². The number of nitrogens with one attached hydrogen (secondary N) is 1. The fourth-order valence-electron chi connectivity index (χ4n) is 4.19. The van der Waals surface area contributed by atoms with E-state index in [1.807, 2.05) is 30.3 Å². The van der Waals surface area contributed by atoms with Crippen molar-refractivity contribution in [2.75, 3.05) is 0 Å². The van der Waals surface area contributed by atoms with Gasteiger partial charge in [-0.15, -0.1) is 0 Å². The summed E-state index contributed by atoms with van der Waals surface area (Å²) in [5.74, 6) is 0.639. The number of nitrogens with zero attached hydrogens (tertiary/aromatic N) is 2. The lowest BCUT2D eigenvalue weighted by Gasteiger charge is -2.26. The first kappa shape index (κ1) is 14.0. The lowest BCUT2D eigenvalue weighted by Crippen LogP contribution is -2.51. The van der Waals surface area contributed by atoms with Crippen LogP contribution in [0.4, 0.5) is 4.79 Å². The van der Waals surface area contributed by atoms with Gasteiger partial charge in [0.15, 0.2) is 0 Å². The van der Waals surface area contributed by atoms with Gasteiger partial charge in [0.1, 0.15) is 5.54 Å². The van der Waals surface area contributed by atoms with Crippen LogP contribution in [0.1, 0.15) is 31.2 Å². The Morgan fingerprint density at radius 3 is 2.50 bits per heavy atom. The fourth-order valence-corrected chi connectivity index (χ4v) is 4.19. The molecule has 5 rings (SSSR count). The lowest BCUT2D eigenvalue weighted by atomic mass is 9.87. The summed E-state index contributed by atoms with van der Waals surface area (Å²) >= 11 is 0. The first-order valence-corrected chi connectivity index (χ1v) is 8.67. The molecule has 1 N–H and O–H groups in total. The summed E-state index contributed by atoms with van der Waals surface area (Å²) in [5.41, 5.74) is 1.16. The Morgan fingerprint density at radius 2 is 1.79 bits per heavy atom. The van der Waals surface area contributed by atoms with Crippen molar-refractivity contribution >= 4 is 22.8 Å². The van der Waals surface area contributed by atoms with Gasteiger partial charge in [-0.3, -0.25) is 14.7 Å². The Balaban J connectivity index is 1.50. The van der Waals surface area contributed by atoms with Gasteiger partial charge in [-0.1, -0.05) is 24.3 Å². The predicted octanol–water partition coefficient (Wildman–Crippen LogP) is 2.85. The van der Waals surface area contributed by atoms with Crippen LogP contribution in [0.25, 0.3) is 10.9 Å². The number of carbonyl (C=O) groups excluding carboxylic acids is 2. The molecule has 3 fully saturated rings. The van der Waals surface area contributed by atoms with Crippen LogP contribution >= 0.6 is 0 Å². The number of fused-ring (bicyclic) bond motifs is 1. The van der Waals surface area contributed by atoms with Crippen LogP contribution in [0.15, 0.2) is 36.5 Å². The fraction of sp³-hybridized carbons (Fsp3) is 0.421. The zero-order valence-corrected chi connectivity index (χ0v) is 13.4. The smallest absolute Gasteiger partial charge is 0.323 e. The third-order valence-corrected chi connectivity index (χ3v) is 5.65. The zero-order chi connectivity index (χ0) is 16.3. The van der Waals surface area contributed by atoms with E-state index in [1.54, 1.807) is 6.20 Å². The lowest BCUT2D eigenvalue weighted by molar-refractivity contribution is -0.133. The van der Waals surface area contributed by atoms with Gasteiger partial charge in [0.25, 0.3) is 5.91 Å². The van der Waals surface area contributed by atoms with Gasteiger partial charge < -0.3 is 5.32 Å². The van der Waals surface area contributed by atoms with Crippen molar-refractivity contribution in [2.24, 2.45) is 11.8 Å². The number of benzene rings is 1. The molecule has 2 saturated carbocycles. The van der Waals surface area contributed by atoms with Crippen molar-refractivity contribution in [2.45, 2.75) is 37.8 Å². The Morgan fingerprint density at radius 1 is 1.08 bits per heavy atom. The molecule has 24 heavy (non-hydrogen) atoms. The molecule has 2 heterocycles. The summed E-state index contributed by atoms with van der Waals surface area (Å²) in [7, 11) is 0. The van der Waals surface area contributed by atoms with E-state index in [2.05, 4.69) is 10.3 Å². The second-order valence-electron chi connectivity index (χ2n) is 7.23. The summed E-state index contributed by atoms with van der Waals surface area (Å²) in [6.07, 6.45) is 5.94. The predicted molar refractivity (Wildman–Crippen MR) is 89.0 cm³/mol. The molecular weight excluding hydrogens is 302 g/mol. The van der Waals surface area contributed by atoms with E-state index in [1.165, 1.54) is 4.90 Å². The minimum Gasteiger partial charge on any atom is -0.323 e. The summed E-state index contributed by atoms with van der Waals surface area (Å²) in [6.45, 7) is 0.292. The highest BCUT2D eigenvalue weighted by molar-refractivity contribution is 6.08. The monoisotopic (exact) mass is 321 g/mol. The third-order valence-electron chi connectivity index (χ3n) is 5.65. The van der Waals surface area contributed by atoms with Crippen LogP contribution in [0.5, 0.6) is 0 Å². The average Bonchev–Trinajstić information content (AvgIpc) is 3.48. The normalized spacial score (nSPS) is 22.9. The van der Waals surface area contributed by atoms with Crippen LogP contribution in [-0.4, -0.2) is 27.4 Å². The average molecular weight is 321 g/mol. The second-order valence-corrected chi connectivity index (χ2v) is 7.23. The third kappa shape index (κ3) is 1.90. The molecule has 0 radical (unpaired) electrons.